The summed E-state index contributed by atoms with van der Waals surface area (Å²) < 4.78 is 5.42. The number of rotatable bonds is 7. The molecule has 0 aromatic heterocycles. The molecule has 140 valence electrons. The fourth-order valence-corrected chi connectivity index (χ4v) is 3.45. The number of methoxy groups -OCH3 is 1. The minimum Gasteiger partial charge on any atom is -0.496 e. The lowest BCUT2D eigenvalue weighted by Crippen LogP contribution is -2.49. The molecule has 0 bridgehead atoms. The van der Waals surface area contributed by atoms with Crippen molar-refractivity contribution in [1.82, 2.24) is 10.6 Å². The second-order valence-corrected chi connectivity index (χ2v) is 7.38. The van der Waals surface area contributed by atoms with E-state index in [1.54, 1.807) is 7.11 Å². The van der Waals surface area contributed by atoms with E-state index in [9.17, 15) is 9.90 Å². The molecule has 0 heterocycles. The first kappa shape index (κ1) is 19.6. The maximum absolute atomic E-state index is 12.4. The van der Waals surface area contributed by atoms with Gasteiger partial charge in [0, 0.05) is 18.7 Å². The van der Waals surface area contributed by atoms with E-state index < -0.39 is 0 Å². The van der Waals surface area contributed by atoms with Crippen molar-refractivity contribution in [3.63, 3.8) is 0 Å². The van der Waals surface area contributed by atoms with Gasteiger partial charge in [-0.05, 0) is 55.6 Å². The van der Waals surface area contributed by atoms with Gasteiger partial charge < -0.3 is 20.5 Å². The molecule has 1 aliphatic rings. The molecule has 5 heteroatoms. The van der Waals surface area contributed by atoms with Crippen LogP contribution in [0.3, 0.4) is 0 Å². The predicted molar refractivity (Wildman–Crippen MR) is 99.8 cm³/mol. The van der Waals surface area contributed by atoms with E-state index >= 15 is 0 Å². The number of hydrogen-bond donors (Lipinski definition) is 3. The third kappa shape index (κ3) is 5.92. The lowest BCUT2D eigenvalue weighted by Gasteiger charge is -2.29. The number of urea groups is 1. The summed E-state index contributed by atoms with van der Waals surface area (Å²) in [4.78, 5) is 12.4. The molecule has 2 amide bonds. The number of benzene rings is 1. The van der Waals surface area contributed by atoms with Crippen molar-refractivity contribution < 1.29 is 14.6 Å². The Morgan fingerprint density at radius 3 is 2.52 bits per heavy atom. The van der Waals surface area contributed by atoms with Crippen molar-refractivity contribution in [2.75, 3.05) is 13.7 Å². The maximum Gasteiger partial charge on any atom is 0.315 e. The number of carbonyl (C=O) groups is 1. The van der Waals surface area contributed by atoms with Gasteiger partial charge in [-0.15, -0.1) is 0 Å². The molecule has 1 atom stereocenters. The molecule has 0 aliphatic heterocycles. The molecule has 0 radical (unpaired) electrons. The van der Waals surface area contributed by atoms with Crippen LogP contribution in [0.25, 0.3) is 0 Å². The summed E-state index contributed by atoms with van der Waals surface area (Å²) in [5, 5.41) is 15.4. The molecular weight excluding hydrogens is 316 g/mol. The van der Waals surface area contributed by atoms with E-state index in [2.05, 4.69) is 24.5 Å². The van der Waals surface area contributed by atoms with Gasteiger partial charge in [-0.2, -0.15) is 0 Å². The van der Waals surface area contributed by atoms with Gasteiger partial charge in [0.05, 0.1) is 7.11 Å². The Hall–Kier alpha value is -1.75. The van der Waals surface area contributed by atoms with Crippen LogP contribution in [0.5, 0.6) is 5.75 Å². The molecule has 0 spiro atoms. The Bertz CT molecular complexity index is 539. The van der Waals surface area contributed by atoms with Crippen LogP contribution in [0.4, 0.5) is 4.79 Å². The monoisotopic (exact) mass is 348 g/mol. The molecule has 25 heavy (non-hydrogen) atoms. The first-order valence-electron chi connectivity index (χ1n) is 9.33. The number of amides is 2. The average molecular weight is 348 g/mol. The molecule has 1 aliphatic carbocycles. The summed E-state index contributed by atoms with van der Waals surface area (Å²) in [6.45, 7) is 4.49. The lowest BCUT2D eigenvalue weighted by atomic mass is 9.86. The van der Waals surface area contributed by atoms with Crippen molar-refractivity contribution in [2.45, 2.75) is 58.0 Å². The Morgan fingerprint density at radius 1 is 1.24 bits per heavy atom. The van der Waals surface area contributed by atoms with Crippen LogP contribution in [0.2, 0.25) is 0 Å². The third-order valence-electron chi connectivity index (χ3n) is 5.19. The van der Waals surface area contributed by atoms with Crippen molar-refractivity contribution in [3.8, 4) is 5.75 Å². The zero-order valence-corrected chi connectivity index (χ0v) is 15.6. The summed E-state index contributed by atoms with van der Waals surface area (Å²) in [5.74, 6) is 1.58. The van der Waals surface area contributed by atoms with Crippen LogP contribution < -0.4 is 15.4 Å². The fraction of sp³-hybridized carbons (Fsp3) is 0.650. The molecule has 2 rings (SSSR count). The molecule has 1 aromatic carbocycles. The van der Waals surface area contributed by atoms with Gasteiger partial charge in [-0.3, -0.25) is 0 Å². The first-order valence-corrected chi connectivity index (χ1v) is 9.33. The highest BCUT2D eigenvalue weighted by molar-refractivity contribution is 5.74. The zero-order chi connectivity index (χ0) is 18.2. The maximum atomic E-state index is 12.4. The van der Waals surface area contributed by atoms with Gasteiger partial charge in [-0.1, -0.05) is 32.0 Å². The largest absolute Gasteiger partial charge is 0.496 e. The number of carbonyl (C=O) groups excluding carboxylic acids is 1. The van der Waals surface area contributed by atoms with Gasteiger partial charge in [0.1, 0.15) is 5.75 Å². The number of hydrogen-bond acceptors (Lipinski definition) is 3. The highest BCUT2D eigenvalue weighted by Gasteiger charge is 2.24. The average Bonchev–Trinajstić information content (AvgIpc) is 2.62. The van der Waals surface area contributed by atoms with Crippen LogP contribution in [0.1, 0.15) is 45.1 Å². The summed E-state index contributed by atoms with van der Waals surface area (Å²) in [6, 6.07) is 8.11. The Balaban J connectivity index is 1.89. The molecule has 1 saturated carbocycles. The summed E-state index contributed by atoms with van der Waals surface area (Å²) in [5.41, 5.74) is 1.10. The molecule has 1 aromatic rings. The topological polar surface area (TPSA) is 70.6 Å². The van der Waals surface area contributed by atoms with E-state index in [4.69, 9.17) is 4.74 Å². The van der Waals surface area contributed by atoms with Gasteiger partial charge in [0.15, 0.2) is 0 Å². The predicted octanol–water partition coefficient (Wildman–Crippen LogP) is 3.11. The highest BCUT2D eigenvalue weighted by Crippen LogP contribution is 2.24. The number of para-hydroxylation sites is 1. The molecule has 5 nitrogen and oxygen atoms in total. The van der Waals surface area contributed by atoms with Crippen molar-refractivity contribution in [2.24, 2.45) is 11.8 Å². The van der Waals surface area contributed by atoms with Crippen LogP contribution >= 0.6 is 0 Å². The van der Waals surface area contributed by atoms with E-state index in [1.165, 1.54) is 0 Å². The van der Waals surface area contributed by atoms with Crippen molar-refractivity contribution in [3.05, 3.63) is 29.8 Å². The van der Waals surface area contributed by atoms with Crippen LogP contribution in [0.15, 0.2) is 24.3 Å². The van der Waals surface area contributed by atoms with Crippen LogP contribution in [-0.4, -0.2) is 36.9 Å². The van der Waals surface area contributed by atoms with E-state index in [0.29, 0.717) is 11.8 Å². The number of aliphatic hydroxyl groups is 1. The van der Waals surface area contributed by atoms with Gasteiger partial charge in [-0.25, -0.2) is 4.79 Å². The van der Waals surface area contributed by atoms with Crippen molar-refractivity contribution >= 4 is 6.03 Å². The summed E-state index contributed by atoms with van der Waals surface area (Å²) in [7, 11) is 1.67. The van der Waals surface area contributed by atoms with Crippen LogP contribution in [-0.2, 0) is 6.42 Å². The standard InChI is InChI=1S/C20H32N2O3/c1-14(2)18(12-16-6-4-5-7-19(16)25-3)22-20(24)21-17-10-8-15(13-23)9-11-17/h4-7,14-15,17-18,23H,8-13H2,1-3H3,(H2,21,22,24). The Labute approximate surface area is 151 Å². The molecule has 1 unspecified atom stereocenters. The van der Waals surface area contributed by atoms with Gasteiger partial charge in [0.2, 0.25) is 0 Å². The number of aliphatic hydroxyl groups excluding tert-OH is 1. The SMILES string of the molecule is COc1ccccc1CC(NC(=O)NC1CCC(CO)CC1)C(C)C. The first-order chi connectivity index (χ1) is 12.0. The van der Waals surface area contributed by atoms with E-state index in [0.717, 1.165) is 43.4 Å². The fourth-order valence-electron chi connectivity index (χ4n) is 3.45. The van der Waals surface area contributed by atoms with Crippen LogP contribution in [0, 0.1) is 11.8 Å². The van der Waals surface area contributed by atoms with Crippen molar-refractivity contribution in [1.29, 1.82) is 0 Å². The summed E-state index contributed by atoms with van der Waals surface area (Å²) in [6.07, 6.45) is 4.59. The van der Waals surface area contributed by atoms with Gasteiger partial charge >= 0.3 is 6.03 Å². The third-order valence-corrected chi connectivity index (χ3v) is 5.19. The second kappa shape index (κ2) is 9.66. The molecule has 1 fully saturated rings. The molecule has 3 N–H and O–H groups in total. The Kier molecular flexibility index (Phi) is 7.56. The second-order valence-electron chi connectivity index (χ2n) is 7.38. The molecule has 0 saturated heterocycles. The normalized spacial score (nSPS) is 21.6. The minimum atomic E-state index is -0.0963. The van der Waals surface area contributed by atoms with Gasteiger partial charge in [0.25, 0.3) is 0 Å². The molecular formula is C20H32N2O3. The summed E-state index contributed by atoms with van der Waals surface area (Å²) >= 11 is 0. The quantitative estimate of drug-likeness (QED) is 0.709. The smallest absolute Gasteiger partial charge is 0.315 e. The van der Waals surface area contributed by atoms with E-state index in [1.807, 2.05) is 24.3 Å². The highest BCUT2D eigenvalue weighted by atomic mass is 16.5. The van der Waals surface area contributed by atoms with E-state index in [-0.39, 0.29) is 24.7 Å². The number of nitrogens with one attached hydrogen (secondary N) is 2. The minimum absolute atomic E-state index is 0.0464. The zero-order valence-electron chi connectivity index (χ0n) is 15.6. The Morgan fingerprint density at radius 2 is 1.92 bits per heavy atom. The lowest BCUT2D eigenvalue weighted by molar-refractivity contribution is 0.173. The number of ether oxygens (including phenoxy) is 1.